The normalized spacial score (nSPS) is 12.8. The van der Waals surface area contributed by atoms with Crippen molar-refractivity contribution in [3.63, 3.8) is 0 Å². The van der Waals surface area contributed by atoms with Crippen LogP contribution in [0.2, 0.25) is 0 Å². The van der Waals surface area contributed by atoms with Gasteiger partial charge in [0, 0.05) is 0 Å². The average molecular weight is 275 g/mol. The first-order chi connectivity index (χ1) is 4.45. The Kier molecular flexibility index (Phi) is 4.40. The lowest BCUT2D eigenvalue weighted by atomic mass is 11.3. The quantitative estimate of drug-likeness (QED) is 0.568. The molecule has 3 nitrogen and oxygen atoms in total. The smallest absolute Gasteiger partial charge is 0.105 e. The first-order valence-electron chi connectivity index (χ1n) is 3.01. The molecular formula is C5H15IN3P. The van der Waals surface area contributed by atoms with Gasteiger partial charge in [-0.1, -0.05) is 0 Å². The zero-order valence-corrected chi connectivity index (χ0v) is 10.2. The molecule has 0 heterocycles. The van der Waals surface area contributed by atoms with E-state index in [2.05, 4.69) is 70.0 Å². The summed E-state index contributed by atoms with van der Waals surface area (Å²) in [4.78, 5) is 0. The van der Waals surface area contributed by atoms with E-state index in [1.165, 1.54) is 0 Å². The van der Waals surface area contributed by atoms with Gasteiger partial charge in [-0.25, -0.2) is 2.96 Å². The van der Waals surface area contributed by atoms with Crippen LogP contribution in [0.3, 0.4) is 0 Å². The molecule has 0 radical (unpaired) electrons. The second-order valence-electron chi connectivity index (χ2n) is 2.64. The zero-order chi connectivity index (χ0) is 8.36. The number of hydrogen-bond donors (Lipinski definition) is 0. The zero-order valence-electron chi connectivity index (χ0n) is 7.17. The Morgan fingerprint density at radius 1 is 1.10 bits per heavy atom. The molecule has 0 amide bonds. The Morgan fingerprint density at radius 3 is 1.40 bits per heavy atom. The van der Waals surface area contributed by atoms with Gasteiger partial charge >= 0.3 is 0 Å². The van der Waals surface area contributed by atoms with E-state index in [1.807, 2.05) is 0 Å². The summed E-state index contributed by atoms with van der Waals surface area (Å²) in [5, 5.41) is 0. The van der Waals surface area contributed by atoms with E-state index in [-0.39, 0.29) is 0 Å². The van der Waals surface area contributed by atoms with E-state index < -0.39 is 7.36 Å². The van der Waals surface area contributed by atoms with E-state index >= 15 is 0 Å². The monoisotopic (exact) mass is 275 g/mol. The molecule has 0 saturated heterocycles. The van der Waals surface area contributed by atoms with Gasteiger partial charge in [0.1, 0.15) is 7.36 Å². The molecule has 0 N–H and O–H groups in total. The molecule has 0 aromatic rings. The van der Waals surface area contributed by atoms with Crippen LogP contribution in [0.4, 0.5) is 0 Å². The van der Waals surface area contributed by atoms with Crippen molar-refractivity contribution >= 4 is 30.2 Å². The topological polar surface area (TPSA) is 18.8 Å². The predicted molar refractivity (Wildman–Crippen MR) is 56.7 cm³/mol. The van der Waals surface area contributed by atoms with Crippen LogP contribution in [0.15, 0.2) is 2.96 Å². The van der Waals surface area contributed by atoms with E-state index in [0.29, 0.717) is 0 Å². The fourth-order valence-corrected chi connectivity index (χ4v) is 3.79. The van der Waals surface area contributed by atoms with Gasteiger partial charge in [-0.15, -0.1) is 0 Å². The highest BCUT2D eigenvalue weighted by molar-refractivity contribution is 14.1. The van der Waals surface area contributed by atoms with Crippen LogP contribution in [0.1, 0.15) is 0 Å². The molecule has 0 spiro atoms. The molecule has 0 aromatic heterocycles. The molecule has 0 aliphatic heterocycles. The van der Waals surface area contributed by atoms with E-state index in [1.54, 1.807) is 0 Å². The number of nitrogens with zero attached hydrogens (tertiary/aromatic N) is 3. The highest BCUT2D eigenvalue weighted by Gasteiger charge is 2.17. The molecule has 0 aliphatic rings. The van der Waals surface area contributed by atoms with Crippen molar-refractivity contribution in [2.24, 2.45) is 2.96 Å². The third kappa shape index (κ3) is 2.19. The molecule has 0 rings (SSSR count). The van der Waals surface area contributed by atoms with Crippen molar-refractivity contribution in [1.82, 2.24) is 9.34 Å². The average Bonchev–Trinajstić information content (AvgIpc) is 1.85. The Morgan fingerprint density at radius 2 is 1.40 bits per heavy atom. The molecule has 10 heavy (non-hydrogen) atoms. The van der Waals surface area contributed by atoms with Crippen molar-refractivity contribution in [2.75, 3.05) is 34.9 Å². The Balaban J connectivity index is 4.59. The lowest BCUT2D eigenvalue weighted by Gasteiger charge is -2.31. The minimum atomic E-state index is -1.32. The number of halogens is 1. The molecule has 0 bridgehead atoms. The van der Waals surface area contributed by atoms with E-state index in [0.717, 1.165) is 0 Å². The van der Waals surface area contributed by atoms with Gasteiger partial charge in [-0.3, -0.25) is 9.34 Å². The first-order valence-corrected chi connectivity index (χ1v) is 6.06. The van der Waals surface area contributed by atoms with Gasteiger partial charge in [-0.05, 0) is 34.9 Å². The van der Waals surface area contributed by atoms with Crippen molar-refractivity contribution in [1.29, 1.82) is 0 Å². The summed E-state index contributed by atoms with van der Waals surface area (Å²) in [6, 6.07) is 0. The molecule has 0 unspecified atom stereocenters. The summed E-state index contributed by atoms with van der Waals surface area (Å²) >= 11 is 2.09. The first kappa shape index (κ1) is 10.9. The highest BCUT2D eigenvalue weighted by Crippen LogP contribution is 2.50. The molecule has 62 valence electrons. The Bertz CT molecular complexity index is 143. The standard InChI is InChI=1S/C5H15IN3P/c1-8(2)10(5,7-6)9(3)4/h1-5H3. The van der Waals surface area contributed by atoms with Gasteiger partial charge in [0.2, 0.25) is 0 Å². The van der Waals surface area contributed by atoms with E-state index in [9.17, 15) is 0 Å². The van der Waals surface area contributed by atoms with Crippen LogP contribution >= 0.6 is 30.2 Å². The van der Waals surface area contributed by atoms with Crippen LogP contribution in [-0.4, -0.2) is 44.2 Å². The van der Waals surface area contributed by atoms with Crippen molar-refractivity contribution in [3.8, 4) is 0 Å². The van der Waals surface area contributed by atoms with Gasteiger partial charge in [0.15, 0.2) is 0 Å². The lowest BCUT2D eigenvalue weighted by Crippen LogP contribution is -2.19. The summed E-state index contributed by atoms with van der Waals surface area (Å²) in [6.07, 6.45) is 0. The van der Waals surface area contributed by atoms with Gasteiger partial charge in [-0.2, -0.15) is 0 Å². The maximum atomic E-state index is 4.35. The van der Waals surface area contributed by atoms with Gasteiger partial charge < -0.3 is 0 Å². The minimum Gasteiger partial charge on any atom is -0.264 e. The molecule has 0 atom stereocenters. The summed E-state index contributed by atoms with van der Waals surface area (Å²) in [5.74, 6) is 0. The molecule has 5 heteroatoms. The summed E-state index contributed by atoms with van der Waals surface area (Å²) in [7, 11) is 6.95. The predicted octanol–water partition coefficient (Wildman–Crippen LogP) is 2.12. The SMILES string of the molecule is CN(C)P(C)(=NI)N(C)C. The minimum absolute atomic E-state index is 1.32. The Hall–Kier alpha value is 0.880. The van der Waals surface area contributed by atoms with Crippen molar-refractivity contribution in [2.45, 2.75) is 0 Å². The summed E-state index contributed by atoms with van der Waals surface area (Å²) < 4.78 is 8.71. The summed E-state index contributed by atoms with van der Waals surface area (Å²) in [6.45, 7) is 2.18. The number of hydrogen-bond acceptors (Lipinski definition) is 1. The highest BCUT2D eigenvalue weighted by atomic mass is 127. The van der Waals surface area contributed by atoms with Crippen LogP contribution in [-0.2, 0) is 0 Å². The third-order valence-corrected chi connectivity index (χ3v) is 7.43. The van der Waals surface area contributed by atoms with Crippen molar-refractivity contribution < 1.29 is 0 Å². The summed E-state index contributed by atoms with van der Waals surface area (Å²) in [5.41, 5.74) is 0. The van der Waals surface area contributed by atoms with Crippen LogP contribution in [0.5, 0.6) is 0 Å². The molecule has 0 saturated carbocycles. The molecule has 0 fully saturated rings. The molecule has 0 aliphatic carbocycles. The van der Waals surface area contributed by atoms with Crippen LogP contribution in [0.25, 0.3) is 0 Å². The fraction of sp³-hybridized carbons (Fsp3) is 1.00. The third-order valence-electron chi connectivity index (χ3n) is 1.66. The fourth-order valence-electron chi connectivity index (χ4n) is 0.493. The second kappa shape index (κ2) is 4.04. The van der Waals surface area contributed by atoms with Crippen LogP contribution in [0, 0.1) is 0 Å². The molecule has 0 aromatic carbocycles. The van der Waals surface area contributed by atoms with E-state index in [4.69, 9.17) is 0 Å². The maximum absolute atomic E-state index is 4.35. The lowest BCUT2D eigenvalue weighted by molar-refractivity contribution is 0.568. The molecular weight excluding hydrogens is 260 g/mol. The maximum Gasteiger partial charge on any atom is 0.105 e. The van der Waals surface area contributed by atoms with Crippen LogP contribution < -0.4 is 0 Å². The van der Waals surface area contributed by atoms with Gasteiger partial charge in [0.05, 0.1) is 22.9 Å². The van der Waals surface area contributed by atoms with Crippen molar-refractivity contribution in [3.05, 3.63) is 0 Å². The Labute approximate surface area is 77.4 Å². The second-order valence-corrected chi connectivity index (χ2v) is 7.42. The largest absolute Gasteiger partial charge is 0.264 e. The van der Waals surface area contributed by atoms with Gasteiger partial charge in [0.25, 0.3) is 0 Å². The number of rotatable bonds is 2.